The largest absolute Gasteiger partial charge is 0.452 e. The highest BCUT2D eigenvalue weighted by atomic mass is 16.5. The lowest BCUT2D eigenvalue weighted by molar-refractivity contribution is -0.124. The third-order valence-electron chi connectivity index (χ3n) is 7.05. The quantitative estimate of drug-likeness (QED) is 0.403. The number of aryl methyl sites for hydroxylation is 1. The molecule has 0 spiro atoms. The number of pyridine rings is 1. The zero-order valence-electron chi connectivity index (χ0n) is 20.6. The number of hydrogen-bond donors (Lipinski definition) is 1. The summed E-state index contributed by atoms with van der Waals surface area (Å²) in [6, 6.07) is 15.8. The summed E-state index contributed by atoms with van der Waals surface area (Å²) in [7, 11) is 0. The van der Waals surface area contributed by atoms with E-state index in [4.69, 9.17) is 14.5 Å². The normalized spacial score (nSPS) is 16.2. The van der Waals surface area contributed by atoms with Crippen molar-refractivity contribution in [2.75, 3.05) is 32.9 Å². The zero-order valence-corrected chi connectivity index (χ0v) is 20.6. The molecule has 1 fully saturated rings. The average molecular weight is 488 g/mol. The van der Waals surface area contributed by atoms with Crippen LogP contribution in [0.1, 0.15) is 52.0 Å². The predicted octanol–water partition coefficient (Wildman–Crippen LogP) is 3.81. The van der Waals surface area contributed by atoms with Crippen molar-refractivity contribution in [2.45, 2.75) is 45.2 Å². The van der Waals surface area contributed by atoms with Crippen LogP contribution in [0.2, 0.25) is 0 Å². The fourth-order valence-electron chi connectivity index (χ4n) is 5.11. The average Bonchev–Trinajstić information content (AvgIpc) is 3.15. The van der Waals surface area contributed by atoms with Gasteiger partial charge < -0.3 is 14.8 Å². The van der Waals surface area contributed by atoms with E-state index in [-0.39, 0.29) is 12.5 Å². The Hall–Kier alpha value is -3.29. The van der Waals surface area contributed by atoms with E-state index in [1.54, 1.807) is 0 Å². The Morgan fingerprint density at radius 2 is 1.69 bits per heavy atom. The van der Waals surface area contributed by atoms with Crippen molar-refractivity contribution in [1.82, 2.24) is 15.2 Å². The van der Waals surface area contributed by atoms with Crippen LogP contribution in [0.3, 0.4) is 0 Å². The molecule has 188 valence electrons. The third kappa shape index (κ3) is 5.74. The summed E-state index contributed by atoms with van der Waals surface area (Å²) >= 11 is 0. The molecule has 1 aliphatic heterocycles. The standard InChI is InChI=1S/C29H33N3O4/c33-27(30-18-21-8-4-5-9-22(21)19-32-14-16-35-17-15-32)20-36-29(34)28-23-10-2-1-3-12-25(23)31-26-13-7-6-11-24(26)28/h4-9,11,13H,1-3,10,12,14-20H2,(H,30,33). The molecule has 2 heterocycles. The molecule has 2 aromatic carbocycles. The second-order valence-corrected chi connectivity index (χ2v) is 9.50. The van der Waals surface area contributed by atoms with Crippen LogP contribution < -0.4 is 5.32 Å². The summed E-state index contributed by atoms with van der Waals surface area (Å²) in [5.74, 6) is -0.761. The molecule has 1 amide bonds. The van der Waals surface area contributed by atoms with E-state index in [9.17, 15) is 9.59 Å². The van der Waals surface area contributed by atoms with Gasteiger partial charge in [-0.05, 0) is 48.4 Å². The first-order valence-corrected chi connectivity index (χ1v) is 12.9. The van der Waals surface area contributed by atoms with Crippen molar-refractivity contribution in [2.24, 2.45) is 0 Å². The van der Waals surface area contributed by atoms with Gasteiger partial charge in [0.2, 0.25) is 0 Å². The number of ether oxygens (including phenoxy) is 2. The number of benzene rings is 2. The summed E-state index contributed by atoms with van der Waals surface area (Å²) in [6.07, 6.45) is 4.89. The number of esters is 1. The number of aromatic nitrogens is 1. The van der Waals surface area contributed by atoms with Gasteiger partial charge in [0, 0.05) is 37.3 Å². The highest BCUT2D eigenvalue weighted by molar-refractivity contribution is 6.05. The van der Waals surface area contributed by atoms with Crippen LogP contribution in [0, 0.1) is 0 Å². The van der Waals surface area contributed by atoms with Crippen molar-refractivity contribution in [3.63, 3.8) is 0 Å². The van der Waals surface area contributed by atoms with Gasteiger partial charge in [0.1, 0.15) is 0 Å². The molecule has 2 aliphatic rings. The Bertz CT molecular complexity index is 1240. The molecular weight excluding hydrogens is 454 g/mol. The van der Waals surface area contributed by atoms with Crippen LogP contribution in [0.5, 0.6) is 0 Å². The van der Waals surface area contributed by atoms with Crippen molar-refractivity contribution in [3.05, 3.63) is 76.5 Å². The van der Waals surface area contributed by atoms with Gasteiger partial charge in [-0.25, -0.2) is 4.79 Å². The van der Waals surface area contributed by atoms with Crippen molar-refractivity contribution in [1.29, 1.82) is 0 Å². The number of hydrogen-bond acceptors (Lipinski definition) is 6. The van der Waals surface area contributed by atoms with E-state index in [0.29, 0.717) is 12.1 Å². The summed E-state index contributed by atoms with van der Waals surface area (Å²) in [4.78, 5) is 33.1. The molecule has 0 unspecified atom stereocenters. The SMILES string of the molecule is O=C(COC(=O)c1c2c(nc3ccccc13)CCCCC2)NCc1ccccc1CN1CCOCC1. The van der Waals surface area contributed by atoms with Crippen molar-refractivity contribution in [3.8, 4) is 0 Å². The second-order valence-electron chi connectivity index (χ2n) is 9.50. The number of carbonyl (C=O) groups excluding carboxylic acids is 2. The number of amides is 1. The number of fused-ring (bicyclic) bond motifs is 2. The zero-order chi connectivity index (χ0) is 24.7. The summed E-state index contributed by atoms with van der Waals surface area (Å²) < 4.78 is 11.0. The van der Waals surface area contributed by atoms with E-state index in [0.717, 1.165) is 92.7 Å². The van der Waals surface area contributed by atoms with Crippen LogP contribution in [0.15, 0.2) is 48.5 Å². The van der Waals surface area contributed by atoms with Crippen LogP contribution in [0.4, 0.5) is 0 Å². The van der Waals surface area contributed by atoms with E-state index in [1.165, 1.54) is 5.56 Å². The van der Waals surface area contributed by atoms with Crippen molar-refractivity contribution < 1.29 is 19.1 Å². The monoisotopic (exact) mass is 487 g/mol. The van der Waals surface area contributed by atoms with Gasteiger partial charge >= 0.3 is 5.97 Å². The van der Waals surface area contributed by atoms with Crippen LogP contribution in [-0.4, -0.2) is 54.7 Å². The molecule has 1 aromatic heterocycles. The van der Waals surface area contributed by atoms with Gasteiger partial charge in [-0.2, -0.15) is 0 Å². The molecule has 0 bridgehead atoms. The third-order valence-corrected chi connectivity index (χ3v) is 7.05. The Morgan fingerprint density at radius 1 is 0.944 bits per heavy atom. The van der Waals surface area contributed by atoms with Crippen LogP contribution in [-0.2, 0) is 40.2 Å². The lowest BCUT2D eigenvalue weighted by Gasteiger charge is -2.27. The number of para-hydroxylation sites is 1. The van der Waals surface area contributed by atoms with Crippen molar-refractivity contribution >= 4 is 22.8 Å². The van der Waals surface area contributed by atoms with Crippen LogP contribution in [0.25, 0.3) is 10.9 Å². The van der Waals surface area contributed by atoms with E-state index >= 15 is 0 Å². The van der Waals surface area contributed by atoms with Gasteiger partial charge in [0.25, 0.3) is 5.91 Å². The maximum Gasteiger partial charge on any atom is 0.339 e. The number of nitrogens with one attached hydrogen (secondary N) is 1. The summed E-state index contributed by atoms with van der Waals surface area (Å²) in [5.41, 5.74) is 5.58. The van der Waals surface area contributed by atoms with Gasteiger partial charge in [-0.15, -0.1) is 0 Å². The first-order chi connectivity index (χ1) is 17.7. The van der Waals surface area contributed by atoms with Gasteiger partial charge in [-0.3, -0.25) is 14.7 Å². The molecule has 0 saturated carbocycles. The fourth-order valence-corrected chi connectivity index (χ4v) is 5.11. The molecule has 1 aliphatic carbocycles. The molecule has 36 heavy (non-hydrogen) atoms. The number of rotatable bonds is 7. The molecular formula is C29H33N3O4. The molecule has 1 saturated heterocycles. The Morgan fingerprint density at radius 3 is 2.56 bits per heavy atom. The lowest BCUT2D eigenvalue weighted by atomic mass is 9.97. The number of nitrogens with zero attached hydrogens (tertiary/aromatic N) is 2. The van der Waals surface area contributed by atoms with E-state index < -0.39 is 5.97 Å². The maximum absolute atomic E-state index is 13.3. The smallest absolute Gasteiger partial charge is 0.339 e. The maximum atomic E-state index is 13.3. The topological polar surface area (TPSA) is 80.8 Å². The number of carbonyl (C=O) groups is 2. The molecule has 3 aromatic rings. The minimum absolute atomic E-state index is 0.310. The molecule has 5 rings (SSSR count). The molecule has 7 heteroatoms. The fraction of sp³-hybridized carbons (Fsp3) is 0.414. The molecule has 0 radical (unpaired) electrons. The summed E-state index contributed by atoms with van der Waals surface area (Å²) in [6.45, 7) is 4.22. The Kier molecular flexibility index (Phi) is 7.88. The van der Waals surface area contributed by atoms with Gasteiger partial charge in [-0.1, -0.05) is 48.9 Å². The predicted molar refractivity (Wildman–Crippen MR) is 138 cm³/mol. The van der Waals surface area contributed by atoms with Gasteiger partial charge in [0.15, 0.2) is 6.61 Å². The highest BCUT2D eigenvalue weighted by Gasteiger charge is 2.23. The number of morpholine rings is 1. The summed E-state index contributed by atoms with van der Waals surface area (Å²) in [5, 5.41) is 3.71. The lowest BCUT2D eigenvalue weighted by Crippen LogP contribution is -2.36. The van der Waals surface area contributed by atoms with E-state index in [2.05, 4.69) is 16.3 Å². The highest BCUT2D eigenvalue weighted by Crippen LogP contribution is 2.29. The first-order valence-electron chi connectivity index (χ1n) is 12.9. The first kappa shape index (κ1) is 24.4. The molecule has 7 nitrogen and oxygen atoms in total. The Labute approximate surface area is 211 Å². The van der Waals surface area contributed by atoms with Gasteiger partial charge in [0.05, 0.1) is 24.3 Å². The minimum atomic E-state index is -0.449. The second kappa shape index (κ2) is 11.6. The molecule has 0 atom stereocenters. The minimum Gasteiger partial charge on any atom is -0.452 e. The van der Waals surface area contributed by atoms with Crippen LogP contribution >= 0.6 is 0 Å². The Balaban J connectivity index is 1.23. The molecule has 1 N–H and O–H groups in total. The van der Waals surface area contributed by atoms with E-state index in [1.807, 2.05) is 42.5 Å².